The van der Waals surface area contributed by atoms with Gasteiger partial charge in [0.1, 0.15) is 5.82 Å². The smallest absolute Gasteiger partial charge is 0.243 e. The molecule has 7 heteroatoms. The van der Waals surface area contributed by atoms with E-state index in [1.165, 1.54) is 6.07 Å². The minimum absolute atomic E-state index is 0.0404. The first-order chi connectivity index (χ1) is 7.89. The van der Waals surface area contributed by atoms with Crippen molar-refractivity contribution in [3.8, 4) is 0 Å². The molecule has 0 amide bonds. The molecule has 0 bridgehead atoms. The maximum Gasteiger partial charge on any atom is 0.243 e. The Hall–Kier alpha value is -1.18. The van der Waals surface area contributed by atoms with Crippen LogP contribution < -0.4 is 5.73 Å². The van der Waals surface area contributed by atoms with Gasteiger partial charge in [-0.3, -0.25) is 0 Å². The number of aliphatic hydroxyl groups excluding tert-OH is 1. The molecule has 0 aliphatic carbocycles. The molecule has 1 saturated heterocycles. The van der Waals surface area contributed by atoms with Crippen molar-refractivity contribution in [2.24, 2.45) is 0 Å². The Balaban J connectivity index is 2.38. The third-order valence-corrected chi connectivity index (χ3v) is 4.50. The van der Waals surface area contributed by atoms with E-state index >= 15 is 0 Å². The number of aliphatic hydroxyl groups is 1. The van der Waals surface area contributed by atoms with E-state index < -0.39 is 21.9 Å². The van der Waals surface area contributed by atoms with E-state index in [1.807, 2.05) is 0 Å². The summed E-state index contributed by atoms with van der Waals surface area (Å²) in [6, 6.07) is 3.19. The normalized spacial score (nSPS) is 21.9. The molecule has 0 spiro atoms. The summed E-state index contributed by atoms with van der Waals surface area (Å²) in [6.07, 6.45) is -0.264. The minimum atomic E-state index is -3.76. The van der Waals surface area contributed by atoms with Crippen LogP contribution in [0.15, 0.2) is 23.1 Å². The second kappa shape index (κ2) is 4.25. The third-order valence-electron chi connectivity index (χ3n) is 2.66. The molecule has 1 aromatic rings. The lowest BCUT2D eigenvalue weighted by Crippen LogP contribution is -2.29. The van der Waals surface area contributed by atoms with E-state index in [9.17, 15) is 17.9 Å². The highest BCUT2D eigenvalue weighted by Gasteiger charge is 2.31. The third kappa shape index (κ3) is 2.41. The second-order valence-corrected chi connectivity index (χ2v) is 5.96. The Kier molecular flexibility index (Phi) is 3.07. The van der Waals surface area contributed by atoms with Crippen LogP contribution in [0.5, 0.6) is 0 Å². The molecule has 1 fully saturated rings. The number of halogens is 1. The van der Waals surface area contributed by atoms with Crippen molar-refractivity contribution in [2.75, 3.05) is 18.8 Å². The van der Waals surface area contributed by atoms with Crippen molar-refractivity contribution in [1.82, 2.24) is 4.31 Å². The fraction of sp³-hybridized carbons (Fsp3) is 0.400. The van der Waals surface area contributed by atoms with E-state index in [-0.39, 0.29) is 23.7 Å². The molecule has 3 N–H and O–H groups in total. The van der Waals surface area contributed by atoms with Crippen molar-refractivity contribution in [3.63, 3.8) is 0 Å². The van der Waals surface area contributed by atoms with Gasteiger partial charge in [0.25, 0.3) is 0 Å². The molecular formula is C10H13FN2O3S. The number of rotatable bonds is 2. The number of hydrogen-bond donors (Lipinski definition) is 2. The van der Waals surface area contributed by atoms with Crippen LogP contribution in [0.4, 0.5) is 10.1 Å². The zero-order valence-electron chi connectivity index (χ0n) is 9.01. The quantitative estimate of drug-likeness (QED) is 0.742. The predicted molar refractivity (Wildman–Crippen MR) is 60.2 cm³/mol. The number of benzene rings is 1. The molecule has 1 heterocycles. The van der Waals surface area contributed by atoms with Crippen molar-refractivity contribution in [2.45, 2.75) is 17.4 Å². The molecule has 0 aromatic heterocycles. The van der Waals surface area contributed by atoms with Crippen LogP contribution >= 0.6 is 0 Å². The fourth-order valence-corrected chi connectivity index (χ4v) is 3.37. The Bertz CT molecular complexity index is 512. The first-order valence-electron chi connectivity index (χ1n) is 5.14. The molecule has 5 nitrogen and oxygen atoms in total. The molecule has 0 radical (unpaired) electrons. The molecule has 2 rings (SSSR count). The van der Waals surface area contributed by atoms with E-state index in [0.29, 0.717) is 6.42 Å². The van der Waals surface area contributed by atoms with Gasteiger partial charge in [0.15, 0.2) is 0 Å². The van der Waals surface area contributed by atoms with E-state index in [1.54, 1.807) is 0 Å². The number of nitrogens with two attached hydrogens (primary N) is 1. The average Bonchev–Trinajstić information content (AvgIpc) is 2.64. The first-order valence-corrected chi connectivity index (χ1v) is 6.58. The lowest BCUT2D eigenvalue weighted by atomic mass is 10.3. The Labute approximate surface area is 98.7 Å². The number of sulfonamides is 1. The van der Waals surface area contributed by atoms with Gasteiger partial charge in [-0.15, -0.1) is 0 Å². The summed E-state index contributed by atoms with van der Waals surface area (Å²) in [4.78, 5) is -0.177. The van der Waals surface area contributed by atoms with Crippen molar-refractivity contribution < 1.29 is 17.9 Å². The SMILES string of the molecule is Nc1cc(F)cc(S(=O)(=O)N2CC[C@@H](O)C2)c1. The molecule has 1 aromatic carbocycles. The number of β-amino-alcohol motifs (C(OH)–C–C–N with tert-alkyl or cyclic N) is 1. The van der Waals surface area contributed by atoms with Gasteiger partial charge in [-0.25, -0.2) is 12.8 Å². The van der Waals surface area contributed by atoms with E-state index in [2.05, 4.69) is 0 Å². The summed E-state index contributed by atoms with van der Waals surface area (Å²) >= 11 is 0. The van der Waals surface area contributed by atoms with Crippen LogP contribution in [0.3, 0.4) is 0 Å². The number of hydrogen-bond acceptors (Lipinski definition) is 4. The van der Waals surface area contributed by atoms with Crippen LogP contribution in [0.25, 0.3) is 0 Å². The molecule has 0 saturated carbocycles. The number of nitrogens with zero attached hydrogens (tertiary/aromatic N) is 1. The summed E-state index contributed by atoms with van der Waals surface area (Å²) in [6.45, 7) is 0.276. The Morgan fingerprint density at radius 2 is 2.12 bits per heavy atom. The molecule has 94 valence electrons. The maximum absolute atomic E-state index is 13.1. The largest absolute Gasteiger partial charge is 0.399 e. The van der Waals surface area contributed by atoms with Gasteiger partial charge >= 0.3 is 0 Å². The zero-order chi connectivity index (χ0) is 12.6. The molecule has 0 unspecified atom stereocenters. The van der Waals surface area contributed by atoms with Gasteiger partial charge in [-0.05, 0) is 24.6 Å². The van der Waals surface area contributed by atoms with E-state index in [4.69, 9.17) is 5.73 Å². The van der Waals surface area contributed by atoms with Crippen molar-refractivity contribution in [1.29, 1.82) is 0 Å². The monoisotopic (exact) mass is 260 g/mol. The van der Waals surface area contributed by atoms with Gasteiger partial charge in [0.2, 0.25) is 10.0 Å². The van der Waals surface area contributed by atoms with Crippen LogP contribution in [0, 0.1) is 5.82 Å². The Morgan fingerprint density at radius 1 is 1.41 bits per heavy atom. The highest BCUT2D eigenvalue weighted by Crippen LogP contribution is 2.23. The minimum Gasteiger partial charge on any atom is -0.399 e. The average molecular weight is 260 g/mol. The molecule has 1 aliphatic heterocycles. The highest BCUT2D eigenvalue weighted by atomic mass is 32.2. The number of nitrogen functional groups attached to an aromatic ring is 1. The summed E-state index contributed by atoms with van der Waals surface area (Å²) in [5.74, 6) is -0.691. The predicted octanol–water partition coefficient (Wildman–Crippen LogP) is 0.163. The van der Waals surface area contributed by atoms with Crippen LogP contribution in [0.2, 0.25) is 0 Å². The lowest BCUT2D eigenvalue weighted by Gasteiger charge is -2.16. The summed E-state index contributed by atoms with van der Waals surface area (Å²) in [5.41, 5.74) is 5.47. The fourth-order valence-electron chi connectivity index (χ4n) is 1.81. The van der Waals surface area contributed by atoms with Gasteiger partial charge in [-0.2, -0.15) is 4.31 Å². The van der Waals surface area contributed by atoms with Crippen LogP contribution in [-0.2, 0) is 10.0 Å². The van der Waals surface area contributed by atoms with Gasteiger partial charge in [0, 0.05) is 18.8 Å². The first kappa shape index (κ1) is 12.3. The van der Waals surface area contributed by atoms with Crippen molar-refractivity contribution >= 4 is 15.7 Å². The lowest BCUT2D eigenvalue weighted by molar-refractivity contribution is 0.189. The Morgan fingerprint density at radius 3 is 2.65 bits per heavy atom. The molecular weight excluding hydrogens is 247 g/mol. The van der Waals surface area contributed by atoms with Crippen LogP contribution in [-0.4, -0.2) is 37.0 Å². The second-order valence-electron chi connectivity index (χ2n) is 4.03. The van der Waals surface area contributed by atoms with Gasteiger partial charge < -0.3 is 10.8 Å². The molecule has 17 heavy (non-hydrogen) atoms. The van der Waals surface area contributed by atoms with E-state index in [0.717, 1.165) is 16.4 Å². The highest BCUT2D eigenvalue weighted by molar-refractivity contribution is 7.89. The molecule has 1 aliphatic rings. The zero-order valence-corrected chi connectivity index (χ0v) is 9.82. The standard InChI is InChI=1S/C10H13FN2O3S/c11-7-3-8(12)5-10(4-7)17(15,16)13-2-1-9(14)6-13/h3-5,9,14H,1-2,6,12H2/t9-/m1/s1. The number of anilines is 1. The topological polar surface area (TPSA) is 83.6 Å². The van der Waals surface area contributed by atoms with Gasteiger partial charge in [-0.1, -0.05) is 0 Å². The molecule has 1 atom stereocenters. The summed E-state index contributed by atoms with van der Waals surface area (Å²) in [5, 5.41) is 9.31. The summed E-state index contributed by atoms with van der Waals surface area (Å²) in [7, 11) is -3.76. The van der Waals surface area contributed by atoms with Crippen molar-refractivity contribution in [3.05, 3.63) is 24.0 Å². The van der Waals surface area contributed by atoms with Crippen LogP contribution in [0.1, 0.15) is 6.42 Å². The summed E-state index contributed by atoms with van der Waals surface area (Å²) < 4.78 is 38.4. The van der Waals surface area contributed by atoms with Gasteiger partial charge in [0.05, 0.1) is 11.0 Å². The maximum atomic E-state index is 13.1.